The number of pyridine rings is 1. The molecule has 0 radical (unpaired) electrons. The Bertz CT molecular complexity index is 467. The molecule has 2 unspecified atom stereocenters. The second-order valence-electron chi connectivity index (χ2n) is 5.21. The number of rotatable bonds is 4. The van der Waals surface area contributed by atoms with Crippen LogP contribution in [0, 0.1) is 5.21 Å². The summed E-state index contributed by atoms with van der Waals surface area (Å²) in [6.07, 6.45) is 5.88. The predicted octanol–water partition coefficient (Wildman–Crippen LogP) is 2.59. The van der Waals surface area contributed by atoms with Crippen LogP contribution in [0.15, 0.2) is 29.4 Å². The van der Waals surface area contributed by atoms with Gasteiger partial charge in [-0.25, -0.2) is 0 Å². The molecule has 1 aliphatic rings. The first-order valence-corrected chi connectivity index (χ1v) is 8.16. The Balaban J connectivity index is 2.03. The number of amides is 1. The molecule has 2 heterocycles. The number of aromatic nitrogens is 1. The van der Waals surface area contributed by atoms with Crippen molar-refractivity contribution in [2.75, 3.05) is 6.54 Å². The first kappa shape index (κ1) is 15.2. The number of likely N-dealkylation sites (tertiary alicyclic amines) is 1. The highest BCUT2D eigenvalue weighted by molar-refractivity contribution is 8.00. The van der Waals surface area contributed by atoms with Gasteiger partial charge in [-0.2, -0.15) is 4.73 Å². The Hall–Kier alpha value is -1.23. The summed E-state index contributed by atoms with van der Waals surface area (Å²) in [5, 5.41) is 12.0. The van der Waals surface area contributed by atoms with Crippen molar-refractivity contribution in [2.45, 2.75) is 55.8 Å². The van der Waals surface area contributed by atoms with E-state index in [0.717, 1.165) is 30.5 Å². The van der Waals surface area contributed by atoms with Gasteiger partial charge in [0.2, 0.25) is 5.91 Å². The molecule has 110 valence electrons. The van der Waals surface area contributed by atoms with Gasteiger partial charge in [0, 0.05) is 24.7 Å². The van der Waals surface area contributed by atoms with Crippen LogP contribution >= 0.6 is 11.8 Å². The van der Waals surface area contributed by atoms with E-state index in [9.17, 15) is 10.0 Å². The second-order valence-corrected chi connectivity index (χ2v) is 6.58. The van der Waals surface area contributed by atoms with Crippen LogP contribution in [0.4, 0.5) is 0 Å². The van der Waals surface area contributed by atoms with Crippen molar-refractivity contribution in [1.82, 2.24) is 4.90 Å². The molecule has 1 aromatic heterocycles. The highest BCUT2D eigenvalue weighted by atomic mass is 32.2. The van der Waals surface area contributed by atoms with E-state index in [4.69, 9.17) is 0 Å². The zero-order valence-corrected chi connectivity index (χ0v) is 12.9. The van der Waals surface area contributed by atoms with Gasteiger partial charge >= 0.3 is 0 Å². The summed E-state index contributed by atoms with van der Waals surface area (Å²) in [5.74, 6) is 0.158. The maximum Gasteiger partial charge on any atom is 0.252 e. The van der Waals surface area contributed by atoms with Crippen molar-refractivity contribution < 1.29 is 9.52 Å². The van der Waals surface area contributed by atoms with Crippen LogP contribution in [0.1, 0.15) is 39.5 Å². The SMILES string of the molecule is CCC1CCCCN1C(=O)C(C)Sc1cccc[n+]1[O-]. The Morgan fingerprint density at radius 2 is 2.35 bits per heavy atom. The Labute approximate surface area is 124 Å². The van der Waals surface area contributed by atoms with Crippen molar-refractivity contribution in [3.05, 3.63) is 29.6 Å². The normalized spacial score (nSPS) is 20.7. The number of carbonyl (C=O) groups is 1. The standard InChI is InChI=1S/C15H22N2O2S/c1-3-13-8-4-6-10-16(13)15(18)12(2)20-14-9-5-7-11-17(14)19/h5,7,9,11-13H,3-4,6,8,10H2,1-2H3. The summed E-state index contributed by atoms with van der Waals surface area (Å²) in [5.41, 5.74) is 0. The highest BCUT2D eigenvalue weighted by Gasteiger charge is 2.30. The van der Waals surface area contributed by atoms with Crippen LogP contribution in [0.5, 0.6) is 0 Å². The molecule has 5 heteroatoms. The lowest BCUT2D eigenvalue weighted by Gasteiger charge is -2.36. The third-order valence-electron chi connectivity index (χ3n) is 3.82. The molecule has 1 amide bonds. The van der Waals surface area contributed by atoms with Gasteiger partial charge in [0.05, 0.1) is 5.25 Å². The lowest BCUT2D eigenvalue weighted by Crippen LogP contribution is -2.46. The number of piperidine rings is 1. The minimum Gasteiger partial charge on any atom is -0.618 e. The fourth-order valence-electron chi connectivity index (χ4n) is 2.68. The zero-order chi connectivity index (χ0) is 14.5. The maximum absolute atomic E-state index is 12.6. The van der Waals surface area contributed by atoms with E-state index >= 15 is 0 Å². The topological polar surface area (TPSA) is 47.2 Å². The number of carbonyl (C=O) groups excluding carboxylic acids is 1. The largest absolute Gasteiger partial charge is 0.618 e. The second kappa shape index (κ2) is 6.97. The van der Waals surface area contributed by atoms with Crippen LogP contribution in [0.25, 0.3) is 0 Å². The van der Waals surface area contributed by atoms with Crippen molar-refractivity contribution in [2.24, 2.45) is 0 Å². The van der Waals surface area contributed by atoms with E-state index in [1.807, 2.05) is 17.9 Å². The van der Waals surface area contributed by atoms with Gasteiger partial charge in [-0.3, -0.25) is 4.79 Å². The van der Waals surface area contributed by atoms with Crippen LogP contribution in [-0.4, -0.2) is 28.6 Å². The number of thioether (sulfide) groups is 1. The van der Waals surface area contributed by atoms with Crippen LogP contribution in [0.2, 0.25) is 0 Å². The van der Waals surface area contributed by atoms with E-state index in [1.165, 1.54) is 24.4 Å². The van der Waals surface area contributed by atoms with Gasteiger partial charge in [0.15, 0.2) is 6.20 Å². The van der Waals surface area contributed by atoms with Crippen LogP contribution in [-0.2, 0) is 4.79 Å². The monoisotopic (exact) mass is 294 g/mol. The zero-order valence-electron chi connectivity index (χ0n) is 12.1. The Morgan fingerprint density at radius 3 is 3.05 bits per heavy atom. The average Bonchev–Trinajstić information content (AvgIpc) is 2.48. The number of hydrogen-bond donors (Lipinski definition) is 0. The molecule has 1 saturated heterocycles. The molecule has 2 rings (SSSR count). The predicted molar refractivity (Wildman–Crippen MR) is 80.4 cm³/mol. The van der Waals surface area contributed by atoms with E-state index < -0.39 is 0 Å². The van der Waals surface area contributed by atoms with Gasteiger partial charge in [-0.15, -0.1) is 0 Å². The van der Waals surface area contributed by atoms with Crippen LogP contribution < -0.4 is 4.73 Å². The van der Waals surface area contributed by atoms with Gasteiger partial charge < -0.3 is 10.1 Å². The van der Waals surface area contributed by atoms with E-state index in [-0.39, 0.29) is 11.2 Å². The third-order valence-corrected chi connectivity index (χ3v) is 4.93. The smallest absolute Gasteiger partial charge is 0.252 e. The Morgan fingerprint density at radius 1 is 1.55 bits per heavy atom. The first-order chi connectivity index (χ1) is 9.63. The maximum atomic E-state index is 12.6. The van der Waals surface area contributed by atoms with Crippen LogP contribution in [0.3, 0.4) is 0 Å². The molecular formula is C15H22N2O2S. The summed E-state index contributed by atoms with van der Waals surface area (Å²) in [4.78, 5) is 14.6. The van der Waals surface area contributed by atoms with Gasteiger partial charge in [-0.1, -0.05) is 6.92 Å². The number of nitrogens with zero attached hydrogens (tertiary/aromatic N) is 2. The summed E-state index contributed by atoms with van der Waals surface area (Å²) in [7, 11) is 0. The summed E-state index contributed by atoms with van der Waals surface area (Å²) in [6, 6.07) is 5.65. The van der Waals surface area contributed by atoms with E-state index in [2.05, 4.69) is 6.92 Å². The average molecular weight is 294 g/mol. The molecule has 0 N–H and O–H groups in total. The molecule has 0 aliphatic carbocycles. The first-order valence-electron chi connectivity index (χ1n) is 7.28. The molecule has 4 nitrogen and oxygen atoms in total. The molecule has 0 spiro atoms. The van der Waals surface area contributed by atoms with Crippen molar-refractivity contribution >= 4 is 17.7 Å². The lowest BCUT2D eigenvalue weighted by atomic mass is 10.00. The van der Waals surface area contributed by atoms with Gasteiger partial charge in [0.1, 0.15) is 0 Å². The molecule has 1 fully saturated rings. The van der Waals surface area contributed by atoms with Crippen molar-refractivity contribution in [3.63, 3.8) is 0 Å². The minimum atomic E-state index is -0.218. The summed E-state index contributed by atoms with van der Waals surface area (Å²) < 4.78 is 0.821. The van der Waals surface area contributed by atoms with E-state index in [1.54, 1.807) is 12.1 Å². The minimum absolute atomic E-state index is 0.158. The molecule has 0 aromatic carbocycles. The molecule has 1 aromatic rings. The summed E-state index contributed by atoms with van der Waals surface area (Å²) in [6.45, 7) is 4.88. The molecule has 20 heavy (non-hydrogen) atoms. The molecular weight excluding hydrogens is 272 g/mol. The van der Waals surface area contributed by atoms with Crippen molar-refractivity contribution in [3.8, 4) is 0 Å². The fourth-order valence-corrected chi connectivity index (χ4v) is 3.60. The highest BCUT2D eigenvalue weighted by Crippen LogP contribution is 2.26. The molecule has 0 bridgehead atoms. The third kappa shape index (κ3) is 3.45. The summed E-state index contributed by atoms with van der Waals surface area (Å²) >= 11 is 1.34. The van der Waals surface area contributed by atoms with Gasteiger partial charge in [-0.05, 0) is 50.4 Å². The van der Waals surface area contributed by atoms with Gasteiger partial charge in [0.25, 0.3) is 5.03 Å². The lowest BCUT2D eigenvalue weighted by molar-refractivity contribution is -0.645. The quantitative estimate of drug-likeness (QED) is 0.487. The molecule has 0 saturated carbocycles. The van der Waals surface area contributed by atoms with Crippen molar-refractivity contribution in [1.29, 1.82) is 0 Å². The fraction of sp³-hybridized carbons (Fsp3) is 0.600. The number of hydrogen-bond acceptors (Lipinski definition) is 3. The molecule has 2 atom stereocenters. The van der Waals surface area contributed by atoms with E-state index in [0.29, 0.717) is 11.1 Å². The Kier molecular flexibility index (Phi) is 5.29. The molecule has 1 aliphatic heterocycles.